The second kappa shape index (κ2) is 5.72. The van der Waals surface area contributed by atoms with Crippen LogP contribution in [0.3, 0.4) is 0 Å². The molecular weight excluding hydrogens is 240 g/mol. The largest absolute Gasteiger partial charge is 0.376 e. The zero-order chi connectivity index (χ0) is 13.9. The standard InChI is InChI=1S/C15H22N2O2/c1-15(2,16)14(18)17-13-5-3-4-12(8-13)10-19-9-11-6-7-11/h3-5,8,11H,6-7,9-10,16H2,1-2H3,(H,17,18). The number of nitrogens with two attached hydrogens (primary N) is 1. The molecule has 1 fully saturated rings. The first-order valence-electron chi connectivity index (χ1n) is 6.72. The van der Waals surface area contributed by atoms with Crippen molar-refractivity contribution in [3.8, 4) is 0 Å². The summed E-state index contributed by atoms with van der Waals surface area (Å²) in [6, 6.07) is 7.69. The van der Waals surface area contributed by atoms with E-state index in [4.69, 9.17) is 10.5 Å². The Morgan fingerprint density at radius 2 is 2.21 bits per heavy atom. The van der Waals surface area contributed by atoms with E-state index in [1.165, 1.54) is 12.8 Å². The Labute approximate surface area is 114 Å². The SMILES string of the molecule is CC(C)(N)C(=O)Nc1cccc(COCC2CC2)c1. The molecule has 0 spiro atoms. The molecule has 1 saturated carbocycles. The number of rotatable bonds is 6. The fraction of sp³-hybridized carbons (Fsp3) is 0.533. The Hall–Kier alpha value is -1.39. The van der Waals surface area contributed by atoms with Gasteiger partial charge in [-0.1, -0.05) is 12.1 Å². The van der Waals surface area contributed by atoms with Crippen LogP contribution < -0.4 is 11.1 Å². The summed E-state index contributed by atoms with van der Waals surface area (Å²) in [5.74, 6) is 0.574. The molecule has 1 amide bonds. The van der Waals surface area contributed by atoms with E-state index in [0.29, 0.717) is 6.61 Å². The Balaban J connectivity index is 1.88. The molecule has 2 rings (SSSR count). The summed E-state index contributed by atoms with van der Waals surface area (Å²) in [4.78, 5) is 11.8. The molecule has 0 radical (unpaired) electrons. The molecule has 1 aromatic rings. The minimum Gasteiger partial charge on any atom is -0.376 e. The number of hydrogen-bond acceptors (Lipinski definition) is 3. The van der Waals surface area contributed by atoms with Crippen LogP contribution in [-0.4, -0.2) is 18.1 Å². The molecule has 0 atom stereocenters. The number of anilines is 1. The maximum Gasteiger partial charge on any atom is 0.243 e. The Bertz CT molecular complexity index is 448. The lowest BCUT2D eigenvalue weighted by Gasteiger charge is -2.18. The van der Waals surface area contributed by atoms with Gasteiger partial charge in [0.1, 0.15) is 0 Å². The van der Waals surface area contributed by atoms with Crippen molar-refractivity contribution in [3.05, 3.63) is 29.8 Å². The maximum atomic E-state index is 11.8. The lowest BCUT2D eigenvalue weighted by molar-refractivity contribution is -0.120. The molecule has 4 heteroatoms. The number of ether oxygens (including phenoxy) is 1. The monoisotopic (exact) mass is 262 g/mol. The van der Waals surface area contributed by atoms with Crippen molar-refractivity contribution in [1.82, 2.24) is 0 Å². The van der Waals surface area contributed by atoms with Crippen LogP contribution in [0.5, 0.6) is 0 Å². The summed E-state index contributed by atoms with van der Waals surface area (Å²) in [5.41, 5.74) is 6.70. The Kier molecular flexibility index (Phi) is 4.22. The fourth-order valence-electron chi connectivity index (χ4n) is 1.66. The molecule has 1 aliphatic carbocycles. The van der Waals surface area contributed by atoms with Gasteiger partial charge in [-0.05, 0) is 50.3 Å². The molecule has 0 aromatic heterocycles. The van der Waals surface area contributed by atoms with Crippen LogP contribution in [0, 0.1) is 5.92 Å². The van der Waals surface area contributed by atoms with Crippen LogP contribution in [0.25, 0.3) is 0 Å². The Morgan fingerprint density at radius 3 is 2.84 bits per heavy atom. The third-order valence-electron chi connectivity index (χ3n) is 3.09. The zero-order valence-electron chi connectivity index (χ0n) is 11.6. The van der Waals surface area contributed by atoms with Gasteiger partial charge in [-0.3, -0.25) is 4.79 Å². The fourth-order valence-corrected chi connectivity index (χ4v) is 1.66. The average molecular weight is 262 g/mol. The highest BCUT2D eigenvalue weighted by molar-refractivity contribution is 5.97. The van der Waals surface area contributed by atoms with Crippen LogP contribution in [0.1, 0.15) is 32.3 Å². The van der Waals surface area contributed by atoms with Gasteiger partial charge in [-0.15, -0.1) is 0 Å². The van der Waals surface area contributed by atoms with Crippen molar-refractivity contribution in [2.24, 2.45) is 11.7 Å². The highest BCUT2D eigenvalue weighted by Crippen LogP contribution is 2.29. The molecule has 0 unspecified atom stereocenters. The summed E-state index contributed by atoms with van der Waals surface area (Å²) in [7, 11) is 0. The van der Waals surface area contributed by atoms with Crippen molar-refractivity contribution in [2.75, 3.05) is 11.9 Å². The Morgan fingerprint density at radius 1 is 1.47 bits per heavy atom. The van der Waals surface area contributed by atoms with Gasteiger partial charge in [0, 0.05) is 12.3 Å². The van der Waals surface area contributed by atoms with Crippen molar-refractivity contribution in [3.63, 3.8) is 0 Å². The van der Waals surface area contributed by atoms with Gasteiger partial charge in [0.05, 0.1) is 12.1 Å². The van der Waals surface area contributed by atoms with E-state index >= 15 is 0 Å². The zero-order valence-corrected chi connectivity index (χ0v) is 11.6. The second-order valence-electron chi connectivity index (χ2n) is 5.83. The first-order valence-corrected chi connectivity index (χ1v) is 6.72. The van der Waals surface area contributed by atoms with Gasteiger partial charge in [0.2, 0.25) is 5.91 Å². The van der Waals surface area contributed by atoms with Crippen LogP contribution in [0.15, 0.2) is 24.3 Å². The molecule has 1 aliphatic rings. The van der Waals surface area contributed by atoms with E-state index < -0.39 is 5.54 Å². The van der Waals surface area contributed by atoms with Gasteiger partial charge in [-0.25, -0.2) is 0 Å². The molecule has 0 heterocycles. The molecule has 4 nitrogen and oxygen atoms in total. The predicted molar refractivity (Wildman–Crippen MR) is 75.7 cm³/mol. The normalized spacial score (nSPS) is 15.3. The number of amides is 1. The summed E-state index contributed by atoms with van der Waals surface area (Å²) in [5, 5.41) is 2.81. The number of carbonyl (C=O) groups is 1. The molecular formula is C15H22N2O2. The van der Waals surface area contributed by atoms with Crippen molar-refractivity contribution >= 4 is 11.6 Å². The smallest absolute Gasteiger partial charge is 0.243 e. The summed E-state index contributed by atoms with van der Waals surface area (Å²) in [6.07, 6.45) is 2.59. The van der Waals surface area contributed by atoms with Gasteiger partial charge in [0.25, 0.3) is 0 Å². The van der Waals surface area contributed by atoms with Crippen LogP contribution in [-0.2, 0) is 16.1 Å². The highest BCUT2D eigenvalue weighted by Gasteiger charge is 2.22. The molecule has 104 valence electrons. The lowest BCUT2D eigenvalue weighted by Crippen LogP contribution is -2.45. The summed E-state index contributed by atoms with van der Waals surface area (Å²) < 4.78 is 5.63. The van der Waals surface area contributed by atoms with Crippen molar-refractivity contribution in [2.45, 2.75) is 38.8 Å². The highest BCUT2D eigenvalue weighted by atomic mass is 16.5. The summed E-state index contributed by atoms with van der Waals surface area (Å²) in [6.45, 7) is 4.80. The topological polar surface area (TPSA) is 64.4 Å². The maximum absolute atomic E-state index is 11.8. The molecule has 3 N–H and O–H groups in total. The van der Waals surface area contributed by atoms with E-state index in [2.05, 4.69) is 5.32 Å². The van der Waals surface area contributed by atoms with Crippen LogP contribution in [0.4, 0.5) is 5.69 Å². The van der Waals surface area contributed by atoms with Crippen LogP contribution in [0.2, 0.25) is 0 Å². The van der Waals surface area contributed by atoms with Gasteiger partial charge in [-0.2, -0.15) is 0 Å². The minimum absolute atomic E-state index is 0.191. The van der Waals surface area contributed by atoms with E-state index in [9.17, 15) is 4.79 Å². The predicted octanol–water partition coefficient (Wildman–Crippen LogP) is 2.29. The van der Waals surface area contributed by atoms with E-state index in [1.54, 1.807) is 13.8 Å². The second-order valence-corrected chi connectivity index (χ2v) is 5.83. The van der Waals surface area contributed by atoms with E-state index in [0.717, 1.165) is 23.8 Å². The molecule has 1 aromatic carbocycles. The number of hydrogen-bond donors (Lipinski definition) is 2. The van der Waals surface area contributed by atoms with Crippen molar-refractivity contribution in [1.29, 1.82) is 0 Å². The molecule has 0 bridgehead atoms. The molecule has 0 aliphatic heterocycles. The third kappa shape index (κ3) is 4.65. The quantitative estimate of drug-likeness (QED) is 0.826. The number of nitrogens with one attached hydrogen (secondary N) is 1. The lowest BCUT2D eigenvalue weighted by atomic mass is 10.1. The van der Waals surface area contributed by atoms with Gasteiger partial charge >= 0.3 is 0 Å². The van der Waals surface area contributed by atoms with E-state index in [1.807, 2.05) is 24.3 Å². The van der Waals surface area contributed by atoms with Gasteiger partial charge < -0.3 is 15.8 Å². The average Bonchev–Trinajstić information content (AvgIpc) is 3.12. The van der Waals surface area contributed by atoms with Crippen LogP contribution >= 0.6 is 0 Å². The van der Waals surface area contributed by atoms with E-state index in [-0.39, 0.29) is 5.91 Å². The number of carbonyl (C=O) groups excluding carboxylic acids is 1. The molecule has 19 heavy (non-hydrogen) atoms. The molecule has 0 saturated heterocycles. The first-order chi connectivity index (χ1) is 8.95. The summed E-state index contributed by atoms with van der Waals surface area (Å²) >= 11 is 0. The number of benzene rings is 1. The van der Waals surface area contributed by atoms with Crippen molar-refractivity contribution < 1.29 is 9.53 Å². The minimum atomic E-state index is -0.877. The third-order valence-corrected chi connectivity index (χ3v) is 3.09. The first kappa shape index (κ1) is 14.0. The van der Waals surface area contributed by atoms with Gasteiger partial charge in [0.15, 0.2) is 0 Å².